The average Bonchev–Trinajstić information content (AvgIpc) is 2.96. The van der Waals surface area contributed by atoms with E-state index in [-0.39, 0.29) is 0 Å². The highest BCUT2D eigenvalue weighted by Gasteiger charge is 2.08. The molecule has 3 aromatic rings. The van der Waals surface area contributed by atoms with Crippen LogP contribution in [0.4, 0.5) is 17.2 Å². The van der Waals surface area contributed by atoms with Crippen molar-refractivity contribution in [2.45, 2.75) is 4.90 Å². The lowest BCUT2D eigenvalue weighted by Crippen LogP contribution is -1.98. The van der Waals surface area contributed by atoms with Crippen molar-refractivity contribution in [3.8, 4) is 0 Å². The van der Waals surface area contributed by atoms with E-state index < -0.39 is 0 Å². The number of hydrogen-bond acceptors (Lipinski definition) is 6. The maximum absolute atomic E-state index is 10.7. The molecule has 3 aromatic heterocycles. The lowest BCUT2D eigenvalue weighted by molar-refractivity contribution is 0.950. The van der Waals surface area contributed by atoms with Crippen molar-refractivity contribution in [3.63, 3.8) is 0 Å². The number of anilines is 3. The van der Waals surface area contributed by atoms with Crippen LogP contribution in [0.25, 0.3) is 5.52 Å². The second-order valence-corrected chi connectivity index (χ2v) is 4.90. The van der Waals surface area contributed by atoms with Gasteiger partial charge in [0.2, 0.25) is 0 Å². The molecule has 0 atom stereocenters. The lowest BCUT2D eigenvalue weighted by Gasteiger charge is -2.13. The minimum absolute atomic E-state index is 0.471. The van der Waals surface area contributed by atoms with Gasteiger partial charge in [0.25, 0.3) is 0 Å². The summed E-state index contributed by atoms with van der Waals surface area (Å²) in [6, 6.07) is 7.18. The largest absolute Gasteiger partial charge is 0.761 e. The minimum atomic E-state index is 0.471. The van der Waals surface area contributed by atoms with Gasteiger partial charge in [0.1, 0.15) is 5.82 Å². The molecule has 6 nitrogen and oxygen atoms in total. The molecule has 0 amide bonds. The van der Waals surface area contributed by atoms with E-state index in [4.69, 9.17) is 0 Å². The van der Waals surface area contributed by atoms with Crippen molar-refractivity contribution in [1.29, 1.82) is 0 Å². The summed E-state index contributed by atoms with van der Waals surface area (Å²) in [5.41, 5.74) is 4.29. The molecule has 3 heterocycles. The van der Waals surface area contributed by atoms with Gasteiger partial charge in [-0.05, 0) is 24.5 Å². The van der Waals surface area contributed by atoms with E-state index in [1.54, 1.807) is 36.3 Å². The van der Waals surface area contributed by atoms with Crippen LogP contribution in [0.15, 0.2) is 47.8 Å². The third kappa shape index (κ3) is 2.28. The quantitative estimate of drug-likeness (QED) is 0.567. The Bertz CT molecular complexity index is 742. The van der Waals surface area contributed by atoms with Crippen LogP contribution in [0.3, 0.4) is 0 Å². The minimum Gasteiger partial charge on any atom is -0.761 e. The zero-order chi connectivity index (χ0) is 13.9. The van der Waals surface area contributed by atoms with Gasteiger partial charge in [-0.2, -0.15) is 5.10 Å². The monoisotopic (exact) mass is 286 g/mol. The van der Waals surface area contributed by atoms with Gasteiger partial charge < -0.3 is 16.0 Å². The maximum atomic E-state index is 10.7. The summed E-state index contributed by atoms with van der Waals surface area (Å²) in [5.74, 6) is 0.616. The molecule has 2 N–H and O–H groups in total. The van der Waals surface area contributed by atoms with E-state index in [1.807, 2.05) is 34.6 Å². The number of thioether (sulfide) groups is 1. The van der Waals surface area contributed by atoms with Crippen LogP contribution < -0.4 is 10.8 Å². The third-order valence-electron chi connectivity index (χ3n) is 2.87. The van der Waals surface area contributed by atoms with Gasteiger partial charge in [-0.15, -0.1) is 11.8 Å². The number of rotatable bonds is 4. The molecule has 0 unspecified atom stereocenters. The Morgan fingerprint density at radius 3 is 2.95 bits per heavy atom. The molecule has 20 heavy (non-hydrogen) atoms. The summed E-state index contributed by atoms with van der Waals surface area (Å²) in [5, 5.41) is 18.1. The van der Waals surface area contributed by atoms with Crippen LogP contribution >= 0.6 is 11.8 Å². The smallest absolute Gasteiger partial charge is 0.132 e. The number of aromatic nitrogens is 3. The molecule has 0 saturated carbocycles. The topological polar surface area (TPSA) is 77.3 Å². The van der Waals surface area contributed by atoms with Crippen LogP contribution in [0.5, 0.6) is 0 Å². The molecule has 0 aliphatic carbocycles. The summed E-state index contributed by atoms with van der Waals surface area (Å²) in [6.45, 7) is 0. The molecule has 0 aliphatic heterocycles. The van der Waals surface area contributed by atoms with E-state index in [0.29, 0.717) is 11.5 Å². The van der Waals surface area contributed by atoms with Crippen LogP contribution in [0, 0.1) is 5.21 Å². The van der Waals surface area contributed by atoms with Crippen molar-refractivity contribution < 1.29 is 0 Å². The zero-order valence-corrected chi connectivity index (χ0v) is 11.5. The van der Waals surface area contributed by atoms with E-state index in [1.165, 1.54) is 0 Å². The van der Waals surface area contributed by atoms with Crippen molar-refractivity contribution in [2.24, 2.45) is 0 Å². The number of nitrogens with one attached hydrogen (secondary N) is 2. The first-order valence-corrected chi connectivity index (χ1v) is 7.16. The first-order valence-electron chi connectivity index (χ1n) is 5.93. The van der Waals surface area contributed by atoms with Crippen molar-refractivity contribution in [3.05, 3.63) is 48.1 Å². The van der Waals surface area contributed by atoms with Crippen molar-refractivity contribution >= 4 is 34.5 Å². The Kier molecular flexibility index (Phi) is 3.44. The highest BCUT2D eigenvalue weighted by Crippen LogP contribution is 2.31. The van der Waals surface area contributed by atoms with Crippen LogP contribution in [0.1, 0.15) is 0 Å². The van der Waals surface area contributed by atoms with Gasteiger partial charge >= 0.3 is 0 Å². The van der Waals surface area contributed by atoms with Gasteiger partial charge in [-0.1, -0.05) is 0 Å². The molecule has 0 aromatic carbocycles. The van der Waals surface area contributed by atoms with Crippen molar-refractivity contribution in [1.82, 2.24) is 14.6 Å². The van der Waals surface area contributed by atoms with Crippen LogP contribution in [-0.4, -0.2) is 20.9 Å². The second-order valence-electron chi connectivity index (χ2n) is 4.08. The standard InChI is InChI=1S/C13H12N5OS/c1-20-13-10(4-7-18-11(13)3-6-15-18)16-12-8-9(17-19)2-5-14-12/h2-8H,1H3,(H2-,14,16,17,19)/q-1. The first kappa shape index (κ1) is 12.8. The molecular weight excluding hydrogens is 274 g/mol. The fourth-order valence-electron chi connectivity index (χ4n) is 1.98. The van der Waals surface area contributed by atoms with Gasteiger partial charge in [0.05, 0.1) is 22.3 Å². The fourth-order valence-corrected chi connectivity index (χ4v) is 2.69. The Labute approximate surface area is 119 Å². The van der Waals surface area contributed by atoms with Crippen molar-refractivity contribution in [2.75, 3.05) is 17.1 Å². The number of nitrogens with zero attached hydrogens (tertiary/aromatic N) is 3. The van der Waals surface area contributed by atoms with E-state index >= 15 is 0 Å². The molecule has 0 radical (unpaired) electrons. The van der Waals surface area contributed by atoms with Gasteiger partial charge in [0, 0.05) is 24.1 Å². The van der Waals surface area contributed by atoms with Crippen LogP contribution in [-0.2, 0) is 0 Å². The second kappa shape index (κ2) is 5.40. The Morgan fingerprint density at radius 1 is 1.25 bits per heavy atom. The summed E-state index contributed by atoms with van der Waals surface area (Å²) >= 11 is 1.63. The summed E-state index contributed by atoms with van der Waals surface area (Å²) in [7, 11) is 0. The Morgan fingerprint density at radius 2 is 2.15 bits per heavy atom. The summed E-state index contributed by atoms with van der Waals surface area (Å²) < 4.78 is 1.82. The molecule has 0 saturated heterocycles. The Balaban J connectivity index is 2.01. The predicted molar refractivity (Wildman–Crippen MR) is 81.5 cm³/mol. The normalized spacial score (nSPS) is 10.7. The molecule has 0 aliphatic rings. The highest BCUT2D eigenvalue weighted by molar-refractivity contribution is 7.99. The lowest BCUT2D eigenvalue weighted by atomic mass is 10.3. The van der Waals surface area contributed by atoms with Gasteiger partial charge in [0.15, 0.2) is 0 Å². The van der Waals surface area contributed by atoms with E-state index in [0.717, 1.165) is 16.1 Å². The molecule has 0 spiro atoms. The number of pyridine rings is 2. The molecule has 0 bridgehead atoms. The fraction of sp³-hybridized carbons (Fsp3) is 0.0769. The SMILES string of the molecule is CSc1c(Nc2cc(N[O-])ccn2)ccn2nccc12. The van der Waals surface area contributed by atoms with E-state index in [9.17, 15) is 5.21 Å². The first-order chi connectivity index (χ1) is 9.81. The number of hydrogen-bond donors (Lipinski definition) is 2. The predicted octanol–water partition coefficient (Wildman–Crippen LogP) is 3.10. The molecule has 7 heteroatoms. The number of fused-ring (bicyclic) bond motifs is 1. The van der Waals surface area contributed by atoms with Crippen LogP contribution in [0.2, 0.25) is 0 Å². The summed E-state index contributed by atoms with van der Waals surface area (Å²) in [6.07, 6.45) is 7.24. The third-order valence-corrected chi connectivity index (χ3v) is 3.71. The highest BCUT2D eigenvalue weighted by atomic mass is 32.2. The summed E-state index contributed by atoms with van der Waals surface area (Å²) in [4.78, 5) is 5.28. The Hall–Kier alpha value is -2.25. The molecule has 0 fully saturated rings. The maximum Gasteiger partial charge on any atom is 0.132 e. The average molecular weight is 286 g/mol. The molecule has 102 valence electrons. The van der Waals surface area contributed by atoms with Gasteiger partial charge in [-0.3, -0.25) is 0 Å². The molecular formula is C13H12N5OS-. The van der Waals surface area contributed by atoms with Gasteiger partial charge in [-0.25, -0.2) is 9.50 Å². The van der Waals surface area contributed by atoms with E-state index in [2.05, 4.69) is 15.4 Å². The zero-order valence-electron chi connectivity index (χ0n) is 10.7. The molecule has 3 rings (SSSR count).